The van der Waals surface area contributed by atoms with E-state index in [0.717, 1.165) is 25.9 Å². The van der Waals surface area contributed by atoms with Gasteiger partial charge in [0.05, 0.1) is 0 Å². The maximum atomic E-state index is 11.5. The minimum Gasteiger partial charge on any atom is -0.396 e. The summed E-state index contributed by atoms with van der Waals surface area (Å²) in [5.41, 5.74) is 0. The Morgan fingerprint density at radius 3 is 2.81 bits per heavy atom. The predicted molar refractivity (Wildman–Crippen MR) is 64.2 cm³/mol. The molecule has 1 unspecified atom stereocenters. The first kappa shape index (κ1) is 13.5. The Balaban J connectivity index is 2.34. The quantitative estimate of drug-likeness (QED) is 0.753. The van der Waals surface area contributed by atoms with Gasteiger partial charge in [-0.3, -0.25) is 9.69 Å². The van der Waals surface area contributed by atoms with Crippen LogP contribution in [0.15, 0.2) is 0 Å². The van der Waals surface area contributed by atoms with Gasteiger partial charge in [-0.2, -0.15) is 0 Å². The van der Waals surface area contributed by atoms with Gasteiger partial charge < -0.3 is 10.0 Å². The number of likely N-dealkylation sites (tertiary alicyclic amines) is 1. The zero-order chi connectivity index (χ0) is 12.0. The fourth-order valence-corrected chi connectivity index (χ4v) is 2.29. The molecule has 4 nitrogen and oxygen atoms in total. The Kier molecular flexibility index (Phi) is 5.77. The highest BCUT2D eigenvalue weighted by atomic mass is 16.3. The molecular formula is C12H24N2O2. The molecule has 1 atom stereocenters. The van der Waals surface area contributed by atoms with Crippen LogP contribution in [-0.2, 0) is 4.79 Å². The highest BCUT2D eigenvalue weighted by molar-refractivity contribution is 5.75. The number of amides is 1. The van der Waals surface area contributed by atoms with E-state index in [-0.39, 0.29) is 12.5 Å². The lowest BCUT2D eigenvalue weighted by molar-refractivity contribution is -0.129. The standard InChI is InChI=1S/C12H24N2O2/c1-13(2)12(16)6-9-14-8-4-3-5-11(14)7-10-15/h11,15H,3-10H2,1-2H3. The van der Waals surface area contributed by atoms with Crippen LogP contribution in [0.5, 0.6) is 0 Å². The summed E-state index contributed by atoms with van der Waals surface area (Å²) in [6.07, 6.45) is 5.07. The second kappa shape index (κ2) is 6.86. The second-order valence-electron chi connectivity index (χ2n) is 4.74. The van der Waals surface area contributed by atoms with Crippen LogP contribution in [0.25, 0.3) is 0 Å². The monoisotopic (exact) mass is 228 g/mol. The fourth-order valence-electron chi connectivity index (χ4n) is 2.29. The molecule has 1 rings (SSSR count). The molecule has 94 valence electrons. The Hall–Kier alpha value is -0.610. The normalized spacial score (nSPS) is 22.1. The number of hydrogen-bond donors (Lipinski definition) is 1. The van der Waals surface area contributed by atoms with Gasteiger partial charge in [-0.25, -0.2) is 0 Å². The Bertz CT molecular complexity index is 217. The molecule has 1 saturated heterocycles. The van der Waals surface area contributed by atoms with Crippen LogP contribution >= 0.6 is 0 Å². The van der Waals surface area contributed by atoms with Crippen molar-refractivity contribution in [1.82, 2.24) is 9.80 Å². The van der Waals surface area contributed by atoms with Crippen LogP contribution in [0.3, 0.4) is 0 Å². The molecule has 0 radical (unpaired) electrons. The van der Waals surface area contributed by atoms with Gasteiger partial charge in [0.2, 0.25) is 5.91 Å². The third-order valence-electron chi connectivity index (χ3n) is 3.32. The van der Waals surface area contributed by atoms with Crippen LogP contribution in [-0.4, -0.2) is 60.6 Å². The maximum absolute atomic E-state index is 11.5. The lowest BCUT2D eigenvalue weighted by Gasteiger charge is -2.35. The summed E-state index contributed by atoms with van der Waals surface area (Å²) < 4.78 is 0. The van der Waals surface area contributed by atoms with Crippen molar-refractivity contribution in [2.75, 3.05) is 33.8 Å². The van der Waals surface area contributed by atoms with Gasteiger partial charge >= 0.3 is 0 Å². The molecule has 1 heterocycles. The summed E-state index contributed by atoms with van der Waals surface area (Å²) in [5, 5.41) is 9.00. The molecule has 16 heavy (non-hydrogen) atoms. The number of nitrogens with zero attached hydrogens (tertiary/aromatic N) is 2. The third-order valence-corrected chi connectivity index (χ3v) is 3.32. The molecule has 0 saturated carbocycles. The summed E-state index contributed by atoms with van der Waals surface area (Å²) in [7, 11) is 3.59. The van der Waals surface area contributed by atoms with Crippen molar-refractivity contribution in [2.24, 2.45) is 0 Å². The van der Waals surface area contributed by atoms with E-state index in [9.17, 15) is 4.79 Å². The first-order valence-corrected chi connectivity index (χ1v) is 6.20. The van der Waals surface area contributed by atoms with Gasteiger partial charge in [0.1, 0.15) is 0 Å². The molecule has 1 N–H and O–H groups in total. The number of aliphatic hydroxyl groups excluding tert-OH is 1. The van der Waals surface area contributed by atoms with E-state index >= 15 is 0 Å². The van der Waals surface area contributed by atoms with E-state index in [0.29, 0.717) is 12.5 Å². The van der Waals surface area contributed by atoms with E-state index in [1.54, 1.807) is 19.0 Å². The molecule has 1 amide bonds. The Labute approximate surface area is 98.2 Å². The van der Waals surface area contributed by atoms with E-state index in [1.807, 2.05) is 0 Å². The zero-order valence-corrected chi connectivity index (χ0v) is 10.5. The highest BCUT2D eigenvalue weighted by Gasteiger charge is 2.22. The number of piperidine rings is 1. The molecule has 1 fully saturated rings. The number of aliphatic hydroxyl groups is 1. The number of rotatable bonds is 5. The molecule has 0 bridgehead atoms. The first-order chi connectivity index (χ1) is 7.65. The minimum absolute atomic E-state index is 0.188. The van der Waals surface area contributed by atoms with Gasteiger partial charge in [-0.1, -0.05) is 6.42 Å². The molecule has 0 spiro atoms. The summed E-state index contributed by atoms with van der Waals surface area (Å²) in [4.78, 5) is 15.5. The van der Waals surface area contributed by atoms with Crippen LogP contribution in [0, 0.1) is 0 Å². The van der Waals surface area contributed by atoms with Crippen LogP contribution < -0.4 is 0 Å². The van der Waals surface area contributed by atoms with Gasteiger partial charge in [0, 0.05) is 39.7 Å². The van der Waals surface area contributed by atoms with Gasteiger partial charge in [0.15, 0.2) is 0 Å². The van der Waals surface area contributed by atoms with Crippen LogP contribution in [0.4, 0.5) is 0 Å². The van der Waals surface area contributed by atoms with E-state index < -0.39 is 0 Å². The van der Waals surface area contributed by atoms with Crippen LogP contribution in [0.2, 0.25) is 0 Å². The van der Waals surface area contributed by atoms with E-state index in [2.05, 4.69) is 4.90 Å². The number of carbonyl (C=O) groups is 1. The summed E-state index contributed by atoms with van der Waals surface area (Å²) in [5.74, 6) is 0.188. The molecule has 0 aromatic rings. The fraction of sp³-hybridized carbons (Fsp3) is 0.917. The first-order valence-electron chi connectivity index (χ1n) is 6.20. The molecule has 1 aliphatic heterocycles. The van der Waals surface area contributed by atoms with E-state index in [1.165, 1.54) is 12.8 Å². The molecule has 0 aromatic heterocycles. The van der Waals surface area contributed by atoms with Crippen molar-refractivity contribution in [3.63, 3.8) is 0 Å². The average Bonchev–Trinajstić information content (AvgIpc) is 2.27. The Morgan fingerprint density at radius 2 is 2.19 bits per heavy atom. The van der Waals surface area contributed by atoms with Gasteiger partial charge in [0.25, 0.3) is 0 Å². The second-order valence-corrected chi connectivity index (χ2v) is 4.74. The van der Waals surface area contributed by atoms with Crippen LogP contribution in [0.1, 0.15) is 32.1 Å². The van der Waals surface area contributed by atoms with Gasteiger partial charge in [-0.05, 0) is 25.8 Å². The minimum atomic E-state index is 0.188. The van der Waals surface area contributed by atoms with Crippen molar-refractivity contribution >= 4 is 5.91 Å². The SMILES string of the molecule is CN(C)C(=O)CCN1CCCCC1CCO. The molecular weight excluding hydrogens is 204 g/mol. The molecule has 1 aliphatic rings. The van der Waals surface area contributed by atoms with Crippen molar-refractivity contribution in [3.8, 4) is 0 Å². The third kappa shape index (κ3) is 4.10. The smallest absolute Gasteiger partial charge is 0.223 e. The molecule has 0 aliphatic carbocycles. The maximum Gasteiger partial charge on any atom is 0.223 e. The van der Waals surface area contributed by atoms with Crippen molar-refractivity contribution in [2.45, 2.75) is 38.1 Å². The summed E-state index contributed by atoms with van der Waals surface area (Å²) in [6, 6.07) is 0.480. The van der Waals surface area contributed by atoms with Crippen molar-refractivity contribution in [3.05, 3.63) is 0 Å². The zero-order valence-electron chi connectivity index (χ0n) is 10.5. The summed E-state index contributed by atoms with van der Waals surface area (Å²) in [6.45, 7) is 2.16. The van der Waals surface area contributed by atoms with Crippen molar-refractivity contribution in [1.29, 1.82) is 0 Å². The van der Waals surface area contributed by atoms with Gasteiger partial charge in [-0.15, -0.1) is 0 Å². The lowest BCUT2D eigenvalue weighted by atomic mass is 9.99. The molecule has 4 heteroatoms. The highest BCUT2D eigenvalue weighted by Crippen LogP contribution is 2.19. The van der Waals surface area contributed by atoms with E-state index in [4.69, 9.17) is 5.11 Å². The Morgan fingerprint density at radius 1 is 1.44 bits per heavy atom. The lowest BCUT2D eigenvalue weighted by Crippen LogP contribution is -2.42. The largest absolute Gasteiger partial charge is 0.396 e. The molecule has 0 aromatic carbocycles. The predicted octanol–water partition coefficient (Wildman–Crippen LogP) is 0.702. The number of hydrogen-bond acceptors (Lipinski definition) is 3. The van der Waals surface area contributed by atoms with Crippen molar-refractivity contribution < 1.29 is 9.90 Å². The average molecular weight is 228 g/mol. The summed E-state index contributed by atoms with van der Waals surface area (Å²) >= 11 is 0. The number of carbonyl (C=O) groups excluding carboxylic acids is 1. The topological polar surface area (TPSA) is 43.8 Å².